The summed E-state index contributed by atoms with van der Waals surface area (Å²) in [6.07, 6.45) is 0.419. The molecule has 0 bridgehead atoms. The normalized spacial score (nSPS) is 32.3. The molecule has 1 fully saturated rings. The summed E-state index contributed by atoms with van der Waals surface area (Å²) >= 11 is 0. The molecule has 2 aliphatic rings. The van der Waals surface area contributed by atoms with Crippen LogP contribution in [0.25, 0.3) is 0 Å². The van der Waals surface area contributed by atoms with E-state index in [0.29, 0.717) is 19.6 Å². The van der Waals surface area contributed by atoms with Crippen molar-refractivity contribution in [2.24, 2.45) is 4.99 Å². The van der Waals surface area contributed by atoms with Crippen molar-refractivity contribution in [2.75, 3.05) is 13.2 Å². The third kappa shape index (κ3) is 2.18. The van der Waals surface area contributed by atoms with Crippen LogP contribution >= 0.6 is 0 Å². The van der Waals surface area contributed by atoms with Gasteiger partial charge in [0.2, 0.25) is 5.90 Å². The van der Waals surface area contributed by atoms with Crippen molar-refractivity contribution in [1.82, 2.24) is 5.32 Å². The molecule has 0 radical (unpaired) electrons. The minimum atomic E-state index is -0.276. The number of β-amino-alcohol motifs (C(OH)–C–C–N with tert-alkyl or cyclic N) is 1. The molecule has 1 aromatic rings. The van der Waals surface area contributed by atoms with E-state index in [1.54, 1.807) is 0 Å². The molecule has 2 N–H and O–H groups in total. The van der Waals surface area contributed by atoms with E-state index in [2.05, 4.69) is 22.4 Å². The van der Waals surface area contributed by atoms with Crippen LogP contribution < -0.4 is 5.32 Å². The van der Waals surface area contributed by atoms with Crippen LogP contribution in [0.5, 0.6) is 0 Å². The van der Waals surface area contributed by atoms with Crippen molar-refractivity contribution in [3.63, 3.8) is 0 Å². The zero-order chi connectivity index (χ0) is 11.7. The molecule has 4 heteroatoms. The number of aliphatic hydroxyl groups excluding tert-OH is 1. The lowest BCUT2D eigenvalue weighted by atomic mass is 10.1. The summed E-state index contributed by atoms with van der Waals surface area (Å²) < 4.78 is 5.63. The van der Waals surface area contributed by atoms with Gasteiger partial charge in [-0.15, -0.1) is 0 Å². The van der Waals surface area contributed by atoms with Crippen molar-refractivity contribution in [1.29, 1.82) is 0 Å². The average molecular weight is 232 g/mol. The molecule has 0 saturated carbocycles. The molecule has 1 saturated heterocycles. The number of nitrogens with zero attached hydrogens (tertiary/aromatic N) is 1. The Hall–Kier alpha value is -1.39. The van der Waals surface area contributed by atoms with Gasteiger partial charge in [-0.2, -0.15) is 0 Å². The van der Waals surface area contributed by atoms with E-state index < -0.39 is 0 Å². The highest BCUT2D eigenvalue weighted by Crippen LogP contribution is 2.25. The molecule has 0 aromatic heterocycles. The number of aliphatic imine (C=N–C) groups is 1. The summed E-state index contributed by atoms with van der Waals surface area (Å²) in [4.78, 5) is 4.60. The number of aliphatic hydroxyl groups is 1. The zero-order valence-corrected chi connectivity index (χ0v) is 9.54. The highest BCUT2D eigenvalue weighted by atomic mass is 16.5. The Morgan fingerprint density at radius 3 is 2.82 bits per heavy atom. The predicted molar refractivity (Wildman–Crippen MR) is 65.0 cm³/mol. The highest BCUT2D eigenvalue weighted by molar-refractivity contribution is 5.83. The van der Waals surface area contributed by atoms with E-state index in [9.17, 15) is 5.11 Å². The number of nitrogens with one attached hydrogen (secondary N) is 1. The second-order valence-corrected chi connectivity index (χ2v) is 4.56. The van der Waals surface area contributed by atoms with Crippen LogP contribution in [0.1, 0.15) is 18.0 Å². The predicted octanol–water partition coefficient (Wildman–Crippen LogP) is 0.879. The molecule has 17 heavy (non-hydrogen) atoms. The van der Waals surface area contributed by atoms with Crippen LogP contribution in [0.15, 0.2) is 35.3 Å². The Bertz CT molecular complexity index is 419. The Balaban J connectivity index is 1.73. The number of rotatable bonds is 2. The molecule has 0 spiro atoms. The molecule has 0 aliphatic carbocycles. The third-order valence-corrected chi connectivity index (χ3v) is 3.26. The van der Waals surface area contributed by atoms with Crippen molar-refractivity contribution in [2.45, 2.75) is 24.6 Å². The van der Waals surface area contributed by atoms with Crippen LogP contribution in [-0.4, -0.2) is 36.3 Å². The van der Waals surface area contributed by atoms with Gasteiger partial charge in [0.25, 0.3) is 0 Å². The van der Waals surface area contributed by atoms with Crippen molar-refractivity contribution in [3.05, 3.63) is 35.9 Å². The van der Waals surface area contributed by atoms with Gasteiger partial charge in [0.05, 0.1) is 12.1 Å². The lowest BCUT2D eigenvalue weighted by Crippen LogP contribution is -2.30. The summed E-state index contributed by atoms with van der Waals surface area (Å²) in [5.74, 6) is 0.746. The average Bonchev–Trinajstić information content (AvgIpc) is 2.98. The van der Waals surface area contributed by atoms with Crippen LogP contribution in [-0.2, 0) is 4.74 Å². The van der Waals surface area contributed by atoms with Crippen molar-refractivity contribution < 1.29 is 9.84 Å². The maximum atomic E-state index is 9.47. The van der Waals surface area contributed by atoms with E-state index in [1.807, 2.05) is 18.2 Å². The van der Waals surface area contributed by atoms with Crippen LogP contribution in [0, 0.1) is 0 Å². The number of hydrogen-bond acceptors (Lipinski definition) is 4. The first-order valence-corrected chi connectivity index (χ1v) is 6.00. The maximum absolute atomic E-state index is 9.47. The fourth-order valence-corrected chi connectivity index (χ4v) is 2.33. The first-order valence-electron chi connectivity index (χ1n) is 6.00. The van der Waals surface area contributed by atoms with Crippen molar-refractivity contribution in [3.8, 4) is 0 Å². The SMILES string of the molecule is O[C@H]1CN[C@H](C2=N[C@H](c3ccccc3)CO2)C1. The van der Waals surface area contributed by atoms with Gasteiger partial charge in [0.1, 0.15) is 12.6 Å². The summed E-state index contributed by atoms with van der Waals surface area (Å²) in [6.45, 7) is 1.23. The van der Waals surface area contributed by atoms with Crippen LogP contribution in [0.4, 0.5) is 0 Å². The fraction of sp³-hybridized carbons (Fsp3) is 0.462. The molecule has 1 aromatic carbocycles. The first-order chi connectivity index (χ1) is 8.33. The second kappa shape index (κ2) is 4.47. The molecule has 90 valence electrons. The highest BCUT2D eigenvalue weighted by Gasteiger charge is 2.32. The monoisotopic (exact) mass is 232 g/mol. The Kier molecular flexibility index (Phi) is 2.82. The first kappa shape index (κ1) is 10.7. The van der Waals surface area contributed by atoms with Gasteiger partial charge in [-0.1, -0.05) is 30.3 Å². The summed E-state index contributed by atoms with van der Waals surface area (Å²) in [5.41, 5.74) is 1.18. The molecule has 3 rings (SSSR count). The van der Waals surface area contributed by atoms with Crippen molar-refractivity contribution >= 4 is 5.90 Å². The van der Waals surface area contributed by atoms with Gasteiger partial charge in [0.15, 0.2) is 0 Å². The standard InChI is InChI=1S/C13H16N2O2/c16-10-6-11(14-7-10)13-15-12(8-17-13)9-4-2-1-3-5-9/h1-5,10-12,14,16H,6-8H2/t10-,11+,12+/m1/s1. The Morgan fingerprint density at radius 1 is 1.29 bits per heavy atom. The van der Waals surface area contributed by atoms with Gasteiger partial charge in [-0.05, 0) is 12.0 Å². The molecule has 3 atom stereocenters. The number of ether oxygens (including phenoxy) is 1. The van der Waals surface area contributed by atoms with E-state index in [4.69, 9.17) is 4.74 Å². The summed E-state index contributed by atoms with van der Waals surface area (Å²) in [7, 11) is 0. The molecule has 0 amide bonds. The van der Waals surface area contributed by atoms with Gasteiger partial charge in [-0.3, -0.25) is 0 Å². The lowest BCUT2D eigenvalue weighted by Gasteiger charge is -2.08. The lowest BCUT2D eigenvalue weighted by molar-refractivity contribution is 0.194. The van der Waals surface area contributed by atoms with Crippen LogP contribution in [0.2, 0.25) is 0 Å². The molecule has 2 heterocycles. The summed E-state index contributed by atoms with van der Waals surface area (Å²) in [6, 6.07) is 10.3. The second-order valence-electron chi connectivity index (χ2n) is 4.56. The Morgan fingerprint density at radius 2 is 2.12 bits per heavy atom. The van der Waals surface area contributed by atoms with Gasteiger partial charge < -0.3 is 15.2 Å². The largest absolute Gasteiger partial charge is 0.477 e. The van der Waals surface area contributed by atoms with Gasteiger partial charge in [0, 0.05) is 6.54 Å². The van der Waals surface area contributed by atoms with Crippen LogP contribution in [0.3, 0.4) is 0 Å². The van der Waals surface area contributed by atoms with Gasteiger partial charge in [-0.25, -0.2) is 4.99 Å². The number of hydrogen-bond donors (Lipinski definition) is 2. The zero-order valence-electron chi connectivity index (χ0n) is 9.54. The van der Waals surface area contributed by atoms with E-state index >= 15 is 0 Å². The quantitative estimate of drug-likeness (QED) is 0.796. The van der Waals surface area contributed by atoms with E-state index in [0.717, 1.165) is 5.90 Å². The van der Waals surface area contributed by atoms with Gasteiger partial charge >= 0.3 is 0 Å². The minimum absolute atomic E-state index is 0.0821. The summed E-state index contributed by atoms with van der Waals surface area (Å²) in [5, 5.41) is 12.7. The number of benzene rings is 1. The molecule has 0 unspecified atom stereocenters. The smallest absolute Gasteiger partial charge is 0.201 e. The molecular weight excluding hydrogens is 216 g/mol. The molecule has 2 aliphatic heterocycles. The van der Waals surface area contributed by atoms with E-state index in [-0.39, 0.29) is 18.2 Å². The molecular formula is C13H16N2O2. The topological polar surface area (TPSA) is 53.8 Å². The Labute approximate surface area is 100 Å². The third-order valence-electron chi connectivity index (χ3n) is 3.26. The minimum Gasteiger partial charge on any atom is -0.477 e. The fourth-order valence-electron chi connectivity index (χ4n) is 2.33. The van der Waals surface area contributed by atoms with E-state index in [1.165, 1.54) is 5.56 Å². The maximum Gasteiger partial charge on any atom is 0.201 e. The molecule has 4 nitrogen and oxygen atoms in total.